The predicted molar refractivity (Wildman–Crippen MR) is 78.8 cm³/mol. The van der Waals surface area contributed by atoms with Crippen molar-refractivity contribution >= 4 is 17.9 Å². The van der Waals surface area contributed by atoms with Crippen molar-refractivity contribution in [3.63, 3.8) is 0 Å². The summed E-state index contributed by atoms with van der Waals surface area (Å²) in [5.41, 5.74) is 1.79. The Labute approximate surface area is 117 Å². The lowest BCUT2D eigenvalue weighted by atomic mass is 10.1. The van der Waals surface area contributed by atoms with Crippen LogP contribution in [0.2, 0.25) is 0 Å². The van der Waals surface area contributed by atoms with Crippen LogP contribution in [-0.4, -0.2) is 11.8 Å². The van der Waals surface area contributed by atoms with E-state index in [0.29, 0.717) is 0 Å². The Hall–Kier alpha value is -2.68. The highest BCUT2D eigenvalue weighted by molar-refractivity contribution is 6.03. The lowest BCUT2D eigenvalue weighted by Gasteiger charge is -2.01. The lowest BCUT2D eigenvalue weighted by Crippen LogP contribution is -2.30. The molecule has 2 amide bonds. The van der Waals surface area contributed by atoms with Gasteiger partial charge in [-0.1, -0.05) is 60.7 Å². The molecule has 0 aliphatic rings. The smallest absolute Gasteiger partial charge is 0.250 e. The van der Waals surface area contributed by atoms with E-state index in [2.05, 4.69) is 5.32 Å². The predicted octanol–water partition coefficient (Wildman–Crippen LogP) is 2.59. The summed E-state index contributed by atoms with van der Waals surface area (Å²) in [4.78, 5) is 23.3. The molecule has 20 heavy (non-hydrogen) atoms. The molecule has 0 bridgehead atoms. The highest BCUT2D eigenvalue weighted by Gasteiger charge is 2.05. The quantitative estimate of drug-likeness (QED) is 0.864. The van der Waals surface area contributed by atoms with E-state index < -0.39 is 5.91 Å². The van der Waals surface area contributed by atoms with Gasteiger partial charge in [0.1, 0.15) is 0 Å². The Morgan fingerprint density at radius 1 is 0.900 bits per heavy atom. The Kier molecular flexibility index (Phi) is 4.84. The molecular weight excluding hydrogens is 250 g/mol. The molecule has 0 aliphatic heterocycles. The monoisotopic (exact) mass is 265 g/mol. The molecule has 3 nitrogen and oxygen atoms in total. The minimum atomic E-state index is -0.408. The molecule has 0 radical (unpaired) electrons. The molecule has 2 aromatic carbocycles. The number of carbonyl (C=O) groups excluding carboxylic acids is 2. The number of hydrogen-bond acceptors (Lipinski definition) is 2. The van der Waals surface area contributed by atoms with E-state index in [-0.39, 0.29) is 12.3 Å². The summed E-state index contributed by atoms with van der Waals surface area (Å²) in [6, 6.07) is 18.8. The number of nitrogens with one attached hydrogen (secondary N) is 1. The van der Waals surface area contributed by atoms with Crippen LogP contribution in [0.25, 0.3) is 6.08 Å². The molecule has 0 aromatic heterocycles. The third-order valence-corrected chi connectivity index (χ3v) is 2.70. The summed E-state index contributed by atoms with van der Waals surface area (Å²) < 4.78 is 0. The molecular formula is C17H15NO2. The molecule has 2 aromatic rings. The highest BCUT2D eigenvalue weighted by atomic mass is 16.2. The van der Waals surface area contributed by atoms with Gasteiger partial charge < -0.3 is 0 Å². The van der Waals surface area contributed by atoms with E-state index >= 15 is 0 Å². The Morgan fingerprint density at radius 3 is 2.15 bits per heavy atom. The van der Waals surface area contributed by atoms with Gasteiger partial charge in [-0.05, 0) is 17.2 Å². The molecule has 1 N–H and O–H groups in total. The second kappa shape index (κ2) is 7.04. The van der Waals surface area contributed by atoms with Crippen LogP contribution in [-0.2, 0) is 16.0 Å². The van der Waals surface area contributed by atoms with Crippen molar-refractivity contribution in [3.05, 3.63) is 77.9 Å². The van der Waals surface area contributed by atoms with Gasteiger partial charge in [0.2, 0.25) is 5.91 Å². The van der Waals surface area contributed by atoms with Crippen LogP contribution >= 0.6 is 0 Å². The summed E-state index contributed by atoms with van der Waals surface area (Å²) in [5, 5.41) is 2.33. The van der Waals surface area contributed by atoms with Gasteiger partial charge >= 0.3 is 0 Å². The van der Waals surface area contributed by atoms with E-state index in [1.54, 1.807) is 6.08 Å². The SMILES string of the molecule is O=C(C=Cc1ccccc1)NC(=O)Cc1ccccc1. The first-order valence-electron chi connectivity index (χ1n) is 6.35. The van der Waals surface area contributed by atoms with Gasteiger partial charge in [0, 0.05) is 6.08 Å². The summed E-state index contributed by atoms with van der Waals surface area (Å²) >= 11 is 0. The molecule has 2 rings (SSSR count). The van der Waals surface area contributed by atoms with Crippen molar-refractivity contribution in [2.45, 2.75) is 6.42 Å². The number of benzene rings is 2. The zero-order valence-corrected chi connectivity index (χ0v) is 11.0. The maximum absolute atomic E-state index is 11.7. The molecule has 0 saturated carbocycles. The third kappa shape index (κ3) is 4.53. The number of carbonyl (C=O) groups is 2. The average molecular weight is 265 g/mol. The Morgan fingerprint density at radius 2 is 1.50 bits per heavy atom. The molecule has 0 atom stereocenters. The first-order valence-corrected chi connectivity index (χ1v) is 6.35. The normalized spacial score (nSPS) is 10.4. The minimum absolute atomic E-state index is 0.200. The summed E-state index contributed by atoms with van der Waals surface area (Å²) in [5.74, 6) is -0.714. The number of rotatable bonds is 4. The van der Waals surface area contributed by atoms with Crippen LogP contribution in [0.3, 0.4) is 0 Å². The molecule has 0 heterocycles. The van der Waals surface area contributed by atoms with Crippen LogP contribution in [0, 0.1) is 0 Å². The molecule has 0 spiro atoms. The van der Waals surface area contributed by atoms with Gasteiger partial charge in [-0.15, -0.1) is 0 Å². The number of imide groups is 1. The highest BCUT2D eigenvalue weighted by Crippen LogP contribution is 2.01. The van der Waals surface area contributed by atoms with Gasteiger partial charge in [0.05, 0.1) is 6.42 Å². The Bertz CT molecular complexity index is 603. The third-order valence-electron chi connectivity index (χ3n) is 2.70. The van der Waals surface area contributed by atoms with Gasteiger partial charge in [-0.2, -0.15) is 0 Å². The van der Waals surface area contributed by atoms with Crippen molar-refractivity contribution < 1.29 is 9.59 Å². The van der Waals surface area contributed by atoms with Crippen LogP contribution in [0.1, 0.15) is 11.1 Å². The maximum atomic E-state index is 11.7. The second-order valence-electron chi connectivity index (χ2n) is 4.32. The van der Waals surface area contributed by atoms with Crippen molar-refractivity contribution in [1.82, 2.24) is 5.32 Å². The standard InChI is InChI=1S/C17H15NO2/c19-16(12-11-14-7-3-1-4-8-14)18-17(20)13-15-9-5-2-6-10-15/h1-12H,13H2,(H,18,19,20). The summed E-state index contributed by atoms with van der Waals surface area (Å²) in [6.07, 6.45) is 3.23. The van der Waals surface area contributed by atoms with Crippen molar-refractivity contribution in [1.29, 1.82) is 0 Å². The van der Waals surface area contributed by atoms with Crippen molar-refractivity contribution in [3.8, 4) is 0 Å². The fourth-order valence-corrected chi connectivity index (χ4v) is 1.74. The van der Waals surface area contributed by atoms with Crippen LogP contribution in [0.15, 0.2) is 66.7 Å². The topological polar surface area (TPSA) is 46.2 Å². The molecule has 0 fully saturated rings. The van der Waals surface area contributed by atoms with E-state index in [9.17, 15) is 9.59 Å². The van der Waals surface area contributed by atoms with Gasteiger partial charge in [0.25, 0.3) is 5.91 Å². The number of hydrogen-bond donors (Lipinski definition) is 1. The zero-order valence-electron chi connectivity index (χ0n) is 11.0. The fourth-order valence-electron chi connectivity index (χ4n) is 1.74. The van der Waals surface area contributed by atoms with Crippen LogP contribution < -0.4 is 5.32 Å². The fraction of sp³-hybridized carbons (Fsp3) is 0.0588. The first-order chi connectivity index (χ1) is 9.74. The molecule has 0 unspecified atom stereocenters. The van der Waals surface area contributed by atoms with Crippen molar-refractivity contribution in [2.75, 3.05) is 0 Å². The first kappa shape index (κ1) is 13.7. The average Bonchev–Trinajstić information content (AvgIpc) is 2.47. The Balaban J connectivity index is 1.85. The van der Waals surface area contributed by atoms with Crippen LogP contribution in [0.5, 0.6) is 0 Å². The van der Waals surface area contributed by atoms with Gasteiger partial charge in [-0.3, -0.25) is 14.9 Å². The second-order valence-corrected chi connectivity index (χ2v) is 4.32. The maximum Gasteiger partial charge on any atom is 0.250 e. The van der Waals surface area contributed by atoms with E-state index in [1.807, 2.05) is 60.7 Å². The minimum Gasteiger partial charge on any atom is -0.293 e. The summed E-state index contributed by atoms with van der Waals surface area (Å²) in [7, 11) is 0. The van der Waals surface area contributed by atoms with E-state index in [0.717, 1.165) is 11.1 Å². The number of amides is 2. The largest absolute Gasteiger partial charge is 0.293 e. The van der Waals surface area contributed by atoms with Gasteiger partial charge in [0.15, 0.2) is 0 Å². The van der Waals surface area contributed by atoms with E-state index in [1.165, 1.54) is 6.08 Å². The van der Waals surface area contributed by atoms with Crippen LogP contribution in [0.4, 0.5) is 0 Å². The molecule has 0 aliphatic carbocycles. The molecule has 0 saturated heterocycles. The van der Waals surface area contributed by atoms with Crippen molar-refractivity contribution in [2.24, 2.45) is 0 Å². The zero-order chi connectivity index (χ0) is 14.2. The van der Waals surface area contributed by atoms with E-state index in [4.69, 9.17) is 0 Å². The molecule has 3 heteroatoms. The van der Waals surface area contributed by atoms with Gasteiger partial charge in [-0.25, -0.2) is 0 Å². The summed E-state index contributed by atoms with van der Waals surface area (Å²) in [6.45, 7) is 0. The lowest BCUT2D eigenvalue weighted by molar-refractivity contribution is -0.127. The molecule has 100 valence electrons.